The van der Waals surface area contributed by atoms with E-state index in [1.165, 1.54) is 16.3 Å². The number of hydrazine groups is 1. The zero-order valence-corrected chi connectivity index (χ0v) is 23.7. The second-order valence-corrected chi connectivity index (χ2v) is 12.1. The van der Waals surface area contributed by atoms with Gasteiger partial charge in [0, 0.05) is 32.0 Å². The molecule has 3 atom stereocenters. The van der Waals surface area contributed by atoms with Crippen LogP contribution in [-0.4, -0.2) is 74.1 Å². The van der Waals surface area contributed by atoms with Crippen LogP contribution in [0.3, 0.4) is 0 Å². The summed E-state index contributed by atoms with van der Waals surface area (Å²) in [5.74, 6) is -2.58. The fourth-order valence-corrected chi connectivity index (χ4v) is 6.18. The van der Waals surface area contributed by atoms with Gasteiger partial charge in [-0.25, -0.2) is 5.01 Å². The molecule has 1 aromatic heterocycles. The average molecular weight is 593 g/mol. The number of anilines is 2. The maximum Gasteiger partial charge on any atom is 0.261 e. The van der Waals surface area contributed by atoms with Gasteiger partial charge in [-0.3, -0.25) is 24.6 Å². The van der Waals surface area contributed by atoms with Crippen molar-refractivity contribution in [3.05, 3.63) is 44.6 Å². The van der Waals surface area contributed by atoms with Crippen molar-refractivity contribution in [2.45, 2.75) is 32.4 Å². The zero-order valence-electron chi connectivity index (χ0n) is 21.3. The molecule has 1 aromatic carbocycles. The average Bonchev–Trinajstić information content (AvgIpc) is 3.33. The molecule has 2 aliphatic rings. The molecule has 37 heavy (non-hydrogen) atoms. The highest BCUT2D eigenvalue weighted by Crippen LogP contribution is 2.40. The van der Waals surface area contributed by atoms with Gasteiger partial charge in [0.2, 0.25) is 11.8 Å². The number of rotatable bonds is 6. The summed E-state index contributed by atoms with van der Waals surface area (Å²) in [7, 11) is 3.32. The first-order chi connectivity index (χ1) is 17.4. The fraction of sp³-hybridized carbons (Fsp3) is 0.440. The van der Waals surface area contributed by atoms with Gasteiger partial charge in [-0.15, -0.1) is 11.3 Å². The molecule has 10 nitrogen and oxygen atoms in total. The van der Waals surface area contributed by atoms with Gasteiger partial charge in [-0.05, 0) is 72.6 Å². The van der Waals surface area contributed by atoms with Crippen molar-refractivity contribution < 1.29 is 23.9 Å². The number of ether oxygens (including phenoxy) is 1. The lowest BCUT2D eigenvalue weighted by molar-refractivity contribution is -0.136. The number of nitrogens with zero attached hydrogens (tertiary/aromatic N) is 3. The minimum atomic E-state index is -1.21. The van der Waals surface area contributed by atoms with Gasteiger partial charge in [-0.1, -0.05) is 0 Å². The molecular formula is C25H30BrN5O5S. The predicted molar refractivity (Wildman–Crippen MR) is 145 cm³/mol. The van der Waals surface area contributed by atoms with Crippen molar-refractivity contribution in [3.63, 3.8) is 0 Å². The summed E-state index contributed by atoms with van der Waals surface area (Å²) < 4.78 is 6.04. The third-order valence-electron chi connectivity index (χ3n) is 6.85. The Hall–Kier alpha value is -2.80. The summed E-state index contributed by atoms with van der Waals surface area (Å²) in [6.07, 6.45) is 0. The highest BCUT2D eigenvalue weighted by molar-refractivity contribution is 9.11. The van der Waals surface area contributed by atoms with Gasteiger partial charge in [0.05, 0.1) is 26.9 Å². The first-order valence-corrected chi connectivity index (χ1v) is 13.4. The first-order valence-electron chi connectivity index (χ1n) is 11.8. The van der Waals surface area contributed by atoms with Crippen LogP contribution in [0.4, 0.5) is 11.4 Å². The molecule has 2 saturated heterocycles. The number of carbonyl (C=O) groups is 4. The first kappa shape index (κ1) is 27.2. The van der Waals surface area contributed by atoms with E-state index < -0.39 is 29.3 Å². The quantitative estimate of drug-likeness (QED) is 0.394. The summed E-state index contributed by atoms with van der Waals surface area (Å²) in [5, 5.41) is 4.47. The number of carbonyl (C=O) groups excluding carboxylic acids is 4. The van der Waals surface area contributed by atoms with Gasteiger partial charge in [-0.2, -0.15) is 0 Å². The van der Waals surface area contributed by atoms with Crippen molar-refractivity contribution in [2.24, 2.45) is 5.92 Å². The molecule has 12 heteroatoms. The predicted octanol–water partition coefficient (Wildman–Crippen LogP) is 2.32. The van der Waals surface area contributed by atoms with Crippen molar-refractivity contribution in [2.75, 3.05) is 43.7 Å². The van der Waals surface area contributed by atoms with Crippen molar-refractivity contribution in [3.8, 4) is 0 Å². The van der Waals surface area contributed by atoms with E-state index in [4.69, 9.17) is 4.74 Å². The maximum absolute atomic E-state index is 13.8. The van der Waals surface area contributed by atoms with E-state index in [1.54, 1.807) is 55.1 Å². The Balaban J connectivity index is 1.70. The molecule has 4 rings (SSSR count). The summed E-state index contributed by atoms with van der Waals surface area (Å²) in [6.45, 7) is 6.36. The van der Waals surface area contributed by atoms with E-state index in [9.17, 15) is 19.2 Å². The minimum absolute atomic E-state index is 0.0321. The van der Waals surface area contributed by atoms with Crippen LogP contribution in [0.25, 0.3) is 0 Å². The Morgan fingerprint density at radius 1 is 1.22 bits per heavy atom. The lowest BCUT2D eigenvalue weighted by atomic mass is 9.83. The third kappa shape index (κ3) is 5.15. The van der Waals surface area contributed by atoms with Crippen molar-refractivity contribution in [1.29, 1.82) is 0 Å². The molecule has 198 valence electrons. The number of nitrogens with one attached hydrogen (secondary N) is 2. The summed E-state index contributed by atoms with van der Waals surface area (Å²) in [6, 6.07) is 8.32. The highest BCUT2D eigenvalue weighted by Gasteiger charge is 2.59. The van der Waals surface area contributed by atoms with Crippen molar-refractivity contribution in [1.82, 2.24) is 15.8 Å². The van der Waals surface area contributed by atoms with E-state index in [1.807, 2.05) is 19.9 Å². The van der Waals surface area contributed by atoms with Crippen LogP contribution in [0.5, 0.6) is 0 Å². The van der Waals surface area contributed by atoms with E-state index in [0.717, 1.165) is 15.0 Å². The van der Waals surface area contributed by atoms with Gasteiger partial charge >= 0.3 is 0 Å². The Morgan fingerprint density at radius 2 is 1.95 bits per heavy atom. The van der Waals surface area contributed by atoms with Crippen LogP contribution in [0.1, 0.15) is 29.1 Å². The van der Waals surface area contributed by atoms with Gasteiger partial charge < -0.3 is 19.9 Å². The van der Waals surface area contributed by atoms with Crippen LogP contribution in [0.2, 0.25) is 0 Å². The summed E-state index contributed by atoms with van der Waals surface area (Å²) in [4.78, 5) is 56.3. The Labute approximate surface area is 228 Å². The monoisotopic (exact) mass is 591 g/mol. The second-order valence-electron chi connectivity index (χ2n) is 9.60. The van der Waals surface area contributed by atoms with Gasteiger partial charge in [0.1, 0.15) is 12.5 Å². The van der Waals surface area contributed by atoms with Crippen molar-refractivity contribution >= 4 is 62.3 Å². The molecule has 3 unspecified atom stereocenters. The third-order valence-corrected chi connectivity index (χ3v) is 8.47. The van der Waals surface area contributed by atoms with Gasteiger partial charge in [0.15, 0.2) is 0 Å². The largest absolute Gasteiger partial charge is 0.370 e. The van der Waals surface area contributed by atoms with E-state index in [-0.39, 0.29) is 18.4 Å². The van der Waals surface area contributed by atoms with Crippen LogP contribution < -0.4 is 20.5 Å². The molecule has 0 spiro atoms. The van der Waals surface area contributed by atoms with E-state index >= 15 is 0 Å². The summed E-state index contributed by atoms with van der Waals surface area (Å²) in [5.41, 5.74) is 3.61. The van der Waals surface area contributed by atoms with Gasteiger partial charge in [0.25, 0.3) is 11.8 Å². The molecule has 4 amide bonds. The molecule has 0 aliphatic carbocycles. The number of benzene rings is 1. The van der Waals surface area contributed by atoms with Crippen LogP contribution in [0, 0.1) is 12.8 Å². The number of halogens is 1. The zero-order chi connectivity index (χ0) is 27.1. The van der Waals surface area contributed by atoms with E-state index in [2.05, 4.69) is 26.7 Å². The van der Waals surface area contributed by atoms with Crippen LogP contribution in [0.15, 0.2) is 34.1 Å². The fourth-order valence-electron chi connectivity index (χ4n) is 4.90. The summed E-state index contributed by atoms with van der Waals surface area (Å²) >= 11 is 4.64. The molecule has 3 heterocycles. The minimum Gasteiger partial charge on any atom is -0.370 e. The molecule has 2 N–H and O–H groups in total. The number of aryl methyl sites for hydroxylation is 1. The smallest absolute Gasteiger partial charge is 0.261 e. The molecular weight excluding hydrogens is 562 g/mol. The van der Waals surface area contributed by atoms with Crippen LogP contribution in [-0.2, 0) is 19.1 Å². The normalized spacial score (nSPS) is 24.1. The Kier molecular flexibility index (Phi) is 7.75. The maximum atomic E-state index is 13.8. The number of amides is 4. The second kappa shape index (κ2) is 10.5. The van der Waals surface area contributed by atoms with Crippen LogP contribution >= 0.6 is 27.3 Å². The lowest BCUT2D eigenvalue weighted by Gasteiger charge is -2.35. The number of hydrogen-bond donors (Lipinski definition) is 2. The van der Waals surface area contributed by atoms with E-state index in [0.29, 0.717) is 23.7 Å². The topological polar surface area (TPSA) is 111 Å². The molecule has 2 aromatic rings. The Bertz CT molecular complexity index is 1250. The number of thiophene rings is 1. The lowest BCUT2D eigenvalue weighted by Crippen LogP contribution is -2.60. The molecule has 0 saturated carbocycles. The Morgan fingerprint density at radius 3 is 2.54 bits per heavy atom. The molecule has 0 bridgehead atoms. The standard InChI is InChI=1S/C25H30BrN5O5S/c1-14-12-16(6-7-17(14)30-10-11-36-13-20(30)32)31-15(2)25(3,21(24(31)35)23(34)28-29(4)5)27-22(33)18-8-9-19(26)37-18/h6-9,12,15,21H,10-11,13H2,1-5H3,(H,27,33)(H,28,34). The number of hydrogen-bond acceptors (Lipinski definition) is 7. The SMILES string of the molecule is Cc1cc(N2C(=O)C(C(=O)NN(C)C)C(C)(NC(=O)c3ccc(Br)s3)C2C)ccc1N1CCOCC1=O. The molecule has 2 fully saturated rings. The highest BCUT2D eigenvalue weighted by atomic mass is 79.9. The molecule has 0 radical (unpaired) electrons. The number of morpholine rings is 1. The molecule has 2 aliphatic heterocycles.